The average molecular weight is 444 g/mol. The van der Waals surface area contributed by atoms with Gasteiger partial charge >= 0.3 is 0 Å². The van der Waals surface area contributed by atoms with Crippen LogP contribution in [0.3, 0.4) is 0 Å². The lowest BCUT2D eigenvalue weighted by Crippen LogP contribution is -2.40. The van der Waals surface area contributed by atoms with Crippen LogP contribution in [-0.4, -0.2) is 49.9 Å². The molecule has 1 aliphatic heterocycles. The quantitative estimate of drug-likeness (QED) is 0.602. The van der Waals surface area contributed by atoms with Gasteiger partial charge in [0.2, 0.25) is 15.9 Å². The highest BCUT2D eigenvalue weighted by Gasteiger charge is 2.26. The number of aryl methyl sites for hydroxylation is 2. The van der Waals surface area contributed by atoms with E-state index in [1.54, 1.807) is 42.5 Å². The summed E-state index contributed by atoms with van der Waals surface area (Å²) in [6, 6.07) is 12.1. The first-order chi connectivity index (χ1) is 15.0. The van der Waals surface area contributed by atoms with Crippen LogP contribution in [0.2, 0.25) is 0 Å². The summed E-state index contributed by atoms with van der Waals surface area (Å²) < 4.78 is 37.6. The SMILES string of the molecule is CCc1nc2cc(NC(=O)CCc3ccc(S(=O)(=O)N4CCOCC4)cc3)ccc2o1. The lowest BCUT2D eigenvalue weighted by atomic mass is 10.1. The zero-order valence-corrected chi connectivity index (χ0v) is 18.2. The van der Waals surface area contributed by atoms with E-state index in [1.165, 1.54) is 4.31 Å². The second-order valence-electron chi connectivity index (χ2n) is 7.35. The number of hydrogen-bond acceptors (Lipinski definition) is 6. The third kappa shape index (κ3) is 4.95. The Morgan fingerprint density at radius 1 is 1.13 bits per heavy atom. The van der Waals surface area contributed by atoms with E-state index in [0.29, 0.717) is 61.8 Å². The van der Waals surface area contributed by atoms with Gasteiger partial charge in [-0.05, 0) is 42.3 Å². The molecule has 1 saturated heterocycles. The summed E-state index contributed by atoms with van der Waals surface area (Å²) in [5.41, 5.74) is 2.98. The van der Waals surface area contributed by atoms with Gasteiger partial charge in [0, 0.05) is 31.6 Å². The van der Waals surface area contributed by atoms with Crippen LogP contribution >= 0.6 is 0 Å². The number of sulfonamides is 1. The molecule has 2 heterocycles. The summed E-state index contributed by atoms with van der Waals surface area (Å²) in [5.74, 6) is 0.543. The third-order valence-corrected chi connectivity index (χ3v) is 7.10. The summed E-state index contributed by atoms with van der Waals surface area (Å²) in [4.78, 5) is 17.0. The highest BCUT2D eigenvalue weighted by atomic mass is 32.2. The molecule has 3 aromatic rings. The second-order valence-corrected chi connectivity index (χ2v) is 9.29. The molecule has 4 rings (SSSR count). The fourth-order valence-electron chi connectivity index (χ4n) is 3.45. The molecule has 0 spiro atoms. The molecule has 1 fully saturated rings. The Morgan fingerprint density at radius 2 is 1.87 bits per heavy atom. The summed E-state index contributed by atoms with van der Waals surface area (Å²) in [5, 5.41) is 2.88. The van der Waals surface area contributed by atoms with Crippen LogP contribution in [0.5, 0.6) is 0 Å². The van der Waals surface area contributed by atoms with E-state index in [1.807, 2.05) is 6.92 Å². The molecule has 0 aliphatic carbocycles. The van der Waals surface area contributed by atoms with Crippen molar-refractivity contribution in [1.82, 2.24) is 9.29 Å². The molecule has 0 saturated carbocycles. The van der Waals surface area contributed by atoms with Gasteiger partial charge < -0.3 is 14.5 Å². The molecule has 31 heavy (non-hydrogen) atoms. The number of benzene rings is 2. The van der Waals surface area contributed by atoms with Crippen LogP contribution in [0.1, 0.15) is 24.8 Å². The first-order valence-electron chi connectivity index (χ1n) is 10.3. The van der Waals surface area contributed by atoms with E-state index >= 15 is 0 Å². The number of rotatable bonds is 7. The number of amides is 1. The Balaban J connectivity index is 1.34. The van der Waals surface area contributed by atoms with E-state index in [9.17, 15) is 13.2 Å². The second kappa shape index (κ2) is 9.17. The first kappa shape index (κ1) is 21.5. The molecule has 0 radical (unpaired) electrons. The number of anilines is 1. The summed E-state index contributed by atoms with van der Waals surface area (Å²) in [7, 11) is -3.51. The molecule has 1 aliphatic rings. The van der Waals surface area contributed by atoms with Crippen molar-refractivity contribution in [3.05, 3.63) is 53.9 Å². The Morgan fingerprint density at radius 3 is 2.58 bits per heavy atom. The van der Waals surface area contributed by atoms with Gasteiger partial charge in [-0.15, -0.1) is 0 Å². The Bertz CT molecular complexity index is 1170. The van der Waals surface area contributed by atoms with Crippen LogP contribution < -0.4 is 5.32 Å². The van der Waals surface area contributed by atoms with Gasteiger partial charge in [-0.3, -0.25) is 4.79 Å². The number of fused-ring (bicyclic) bond motifs is 1. The van der Waals surface area contributed by atoms with Crippen molar-refractivity contribution in [3.63, 3.8) is 0 Å². The van der Waals surface area contributed by atoms with Gasteiger partial charge in [-0.25, -0.2) is 13.4 Å². The first-order valence-corrected chi connectivity index (χ1v) is 11.8. The number of hydrogen-bond donors (Lipinski definition) is 1. The summed E-state index contributed by atoms with van der Waals surface area (Å²) >= 11 is 0. The molecule has 9 heteroatoms. The molecule has 0 bridgehead atoms. The number of carbonyl (C=O) groups excluding carboxylic acids is 1. The third-order valence-electron chi connectivity index (χ3n) is 5.19. The van der Waals surface area contributed by atoms with Gasteiger partial charge in [0.25, 0.3) is 0 Å². The predicted molar refractivity (Wildman–Crippen MR) is 116 cm³/mol. The molecule has 1 aromatic heterocycles. The molecule has 164 valence electrons. The Labute approximate surface area is 181 Å². The van der Waals surface area contributed by atoms with Gasteiger partial charge in [-0.1, -0.05) is 19.1 Å². The number of oxazole rings is 1. The smallest absolute Gasteiger partial charge is 0.243 e. The maximum absolute atomic E-state index is 12.7. The van der Waals surface area contributed by atoms with Crippen LogP contribution in [0.15, 0.2) is 51.8 Å². The van der Waals surface area contributed by atoms with Gasteiger partial charge in [0.1, 0.15) is 5.52 Å². The van der Waals surface area contributed by atoms with Crippen LogP contribution in [0, 0.1) is 0 Å². The maximum Gasteiger partial charge on any atom is 0.243 e. The molecule has 2 aromatic carbocycles. The minimum absolute atomic E-state index is 0.122. The van der Waals surface area contributed by atoms with Crippen LogP contribution in [0.4, 0.5) is 5.69 Å². The highest BCUT2D eigenvalue weighted by Crippen LogP contribution is 2.21. The molecule has 0 unspecified atom stereocenters. The van der Waals surface area contributed by atoms with Crippen molar-refractivity contribution in [1.29, 1.82) is 0 Å². The largest absolute Gasteiger partial charge is 0.441 e. The molecule has 1 amide bonds. The average Bonchev–Trinajstić information content (AvgIpc) is 3.21. The van der Waals surface area contributed by atoms with Crippen LogP contribution in [0.25, 0.3) is 11.1 Å². The number of aromatic nitrogens is 1. The van der Waals surface area contributed by atoms with Gasteiger partial charge in [-0.2, -0.15) is 4.31 Å². The monoisotopic (exact) mass is 443 g/mol. The van der Waals surface area contributed by atoms with E-state index in [2.05, 4.69) is 10.3 Å². The number of morpholine rings is 1. The number of carbonyl (C=O) groups is 1. The number of ether oxygens (including phenoxy) is 1. The maximum atomic E-state index is 12.7. The van der Waals surface area contributed by atoms with Crippen molar-refractivity contribution >= 4 is 32.7 Å². The minimum atomic E-state index is -3.51. The number of nitrogens with one attached hydrogen (secondary N) is 1. The van der Waals surface area contributed by atoms with Gasteiger partial charge in [0.15, 0.2) is 11.5 Å². The molecule has 0 atom stereocenters. The van der Waals surface area contributed by atoms with Crippen molar-refractivity contribution in [2.75, 3.05) is 31.6 Å². The number of nitrogens with zero attached hydrogens (tertiary/aromatic N) is 2. The summed E-state index contributed by atoms with van der Waals surface area (Å²) in [6.07, 6.45) is 1.51. The van der Waals surface area contributed by atoms with E-state index < -0.39 is 10.0 Å². The van der Waals surface area contributed by atoms with E-state index in [-0.39, 0.29) is 17.2 Å². The molecule has 1 N–H and O–H groups in total. The van der Waals surface area contributed by atoms with Crippen LogP contribution in [-0.2, 0) is 32.4 Å². The van der Waals surface area contributed by atoms with E-state index in [0.717, 1.165) is 5.56 Å². The van der Waals surface area contributed by atoms with Crippen molar-refractivity contribution in [2.45, 2.75) is 31.1 Å². The topological polar surface area (TPSA) is 102 Å². The molecular weight excluding hydrogens is 418 g/mol. The lowest BCUT2D eigenvalue weighted by molar-refractivity contribution is -0.116. The summed E-state index contributed by atoms with van der Waals surface area (Å²) in [6.45, 7) is 3.53. The highest BCUT2D eigenvalue weighted by molar-refractivity contribution is 7.89. The Kier molecular flexibility index (Phi) is 6.35. The standard InChI is InChI=1S/C22H25N3O5S/c1-2-22-24-19-15-17(6-9-20(19)30-22)23-21(26)10-5-16-3-7-18(8-4-16)31(27,28)25-11-13-29-14-12-25/h3-4,6-9,15H,2,5,10-14H2,1H3,(H,23,26). The van der Waals surface area contributed by atoms with Crippen molar-refractivity contribution in [3.8, 4) is 0 Å². The minimum Gasteiger partial charge on any atom is -0.441 e. The predicted octanol–water partition coefficient (Wildman–Crippen LogP) is 2.98. The Hall–Kier alpha value is -2.75. The zero-order chi connectivity index (χ0) is 21.8. The fraction of sp³-hybridized carbons (Fsp3) is 0.364. The molecule has 8 nitrogen and oxygen atoms in total. The molecular formula is C22H25N3O5S. The van der Waals surface area contributed by atoms with Crippen molar-refractivity contribution < 1.29 is 22.4 Å². The fourth-order valence-corrected chi connectivity index (χ4v) is 4.86. The van der Waals surface area contributed by atoms with Crippen molar-refractivity contribution in [2.24, 2.45) is 0 Å². The van der Waals surface area contributed by atoms with E-state index in [4.69, 9.17) is 9.15 Å². The zero-order valence-electron chi connectivity index (χ0n) is 17.3. The normalized spacial score (nSPS) is 15.3. The van der Waals surface area contributed by atoms with Gasteiger partial charge in [0.05, 0.1) is 18.1 Å². The lowest BCUT2D eigenvalue weighted by Gasteiger charge is -2.26.